The van der Waals surface area contributed by atoms with Crippen molar-refractivity contribution in [2.75, 3.05) is 6.54 Å². The van der Waals surface area contributed by atoms with Gasteiger partial charge in [0.1, 0.15) is 5.01 Å². The van der Waals surface area contributed by atoms with Crippen molar-refractivity contribution in [3.05, 3.63) is 41.4 Å². The molecule has 1 aliphatic rings. The molecule has 0 radical (unpaired) electrons. The Labute approximate surface area is 128 Å². The summed E-state index contributed by atoms with van der Waals surface area (Å²) in [5, 5.41) is 5.80. The normalized spacial score (nSPS) is 15.7. The van der Waals surface area contributed by atoms with E-state index in [9.17, 15) is 4.79 Å². The molecule has 3 N–H and O–H groups in total. The smallest absolute Gasteiger partial charge is 0.226 e. The minimum atomic E-state index is -0.00369. The van der Waals surface area contributed by atoms with Gasteiger partial charge in [0.15, 0.2) is 0 Å². The van der Waals surface area contributed by atoms with Gasteiger partial charge in [0.25, 0.3) is 0 Å². The average molecular weight is 301 g/mol. The Morgan fingerprint density at radius 2 is 2.14 bits per heavy atom. The fraction of sp³-hybridized carbons (Fsp3) is 0.375. The number of thiazole rings is 1. The molecule has 21 heavy (non-hydrogen) atoms. The molecule has 1 saturated carbocycles. The Morgan fingerprint density at radius 1 is 1.38 bits per heavy atom. The highest BCUT2D eigenvalue weighted by Gasteiger charge is 2.28. The Hall–Kier alpha value is -1.72. The lowest BCUT2D eigenvalue weighted by Gasteiger charge is -2.10. The molecule has 2 aromatic rings. The van der Waals surface area contributed by atoms with Crippen molar-refractivity contribution < 1.29 is 4.79 Å². The Bertz CT molecular complexity index is 607. The van der Waals surface area contributed by atoms with Gasteiger partial charge >= 0.3 is 0 Å². The number of carbonyl (C=O) groups is 1. The van der Waals surface area contributed by atoms with E-state index in [1.165, 1.54) is 12.8 Å². The molecule has 0 aliphatic heterocycles. The van der Waals surface area contributed by atoms with Crippen LogP contribution in [0, 0.1) is 5.92 Å². The second kappa shape index (κ2) is 6.37. The van der Waals surface area contributed by atoms with E-state index in [0.717, 1.165) is 16.3 Å². The predicted molar refractivity (Wildman–Crippen MR) is 85.0 cm³/mol. The van der Waals surface area contributed by atoms with E-state index >= 15 is 0 Å². The first-order valence-electron chi connectivity index (χ1n) is 7.24. The Kier molecular flexibility index (Phi) is 4.31. The summed E-state index contributed by atoms with van der Waals surface area (Å²) in [7, 11) is 0. The molecule has 0 bridgehead atoms. The van der Waals surface area contributed by atoms with Gasteiger partial charge in [-0.3, -0.25) is 4.79 Å². The lowest BCUT2D eigenvalue weighted by Crippen LogP contribution is -2.39. The topological polar surface area (TPSA) is 68.0 Å². The van der Waals surface area contributed by atoms with E-state index in [0.29, 0.717) is 18.9 Å². The van der Waals surface area contributed by atoms with Crippen LogP contribution in [-0.4, -0.2) is 23.5 Å². The molecule has 1 amide bonds. The fourth-order valence-electron chi connectivity index (χ4n) is 2.25. The third-order valence-electron chi connectivity index (χ3n) is 3.68. The number of nitrogens with two attached hydrogens (primary N) is 1. The van der Waals surface area contributed by atoms with E-state index in [1.807, 2.05) is 35.7 Å². The van der Waals surface area contributed by atoms with Gasteiger partial charge in [-0.15, -0.1) is 11.3 Å². The van der Waals surface area contributed by atoms with Crippen molar-refractivity contribution >= 4 is 17.2 Å². The third kappa shape index (κ3) is 3.89. The summed E-state index contributed by atoms with van der Waals surface area (Å²) in [4.78, 5) is 16.4. The second-order valence-electron chi connectivity index (χ2n) is 5.49. The number of nitrogens with zero attached hydrogens (tertiary/aromatic N) is 1. The van der Waals surface area contributed by atoms with E-state index in [4.69, 9.17) is 5.73 Å². The van der Waals surface area contributed by atoms with Crippen LogP contribution in [0.15, 0.2) is 35.7 Å². The van der Waals surface area contributed by atoms with Gasteiger partial charge in [0.05, 0.1) is 12.1 Å². The molecule has 1 aromatic heterocycles. The van der Waals surface area contributed by atoms with Gasteiger partial charge in [-0.25, -0.2) is 4.98 Å². The van der Waals surface area contributed by atoms with Gasteiger partial charge < -0.3 is 11.1 Å². The molecule has 1 atom stereocenters. The zero-order valence-electron chi connectivity index (χ0n) is 11.8. The summed E-state index contributed by atoms with van der Waals surface area (Å²) in [6.07, 6.45) is 2.72. The first-order chi connectivity index (χ1) is 10.2. The lowest BCUT2D eigenvalue weighted by molar-refractivity contribution is -0.120. The Morgan fingerprint density at radius 3 is 2.86 bits per heavy atom. The van der Waals surface area contributed by atoms with Crippen molar-refractivity contribution in [2.45, 2.75) is 25.3 Å². The van der Waals surface area contributed by atoms with Crippen molar-refractivity contribution in [2.24, 2.45) is 11.7 Å². The molecule has 0 spiro atoms. The fourth-order valence-corrected chi connectivity index (χ4v) is 3.08. The van der Waals surface area contributed by atoms with Crippen LogP contribution < -0.4 is 11.1 Å². The molecule has 1 aromatic carbocycles. The number of amides is 1. The number of hydrogen-bond donors (Lipinski definition) is 2. The molecule has 5 heteroatoms. The molecule has 3 rings (SSSR count). The monoisotopic (exact) mass is 301 g/mol. The largest absolute Gasteiger partial charge is 0.354 e. The van der Waals surface area contributed by atoms with Crippen LogP contribution >= 0.6 is 11.3 Å². The molecule has 1 aliphatic carbocycles. The summed E-state index contributed by atoms with van der Waals surface area (Å²) in [6.45, 7) is 0.569. The average Bonchev–Trinajstić information content (AvgIpc) is 3.26. The predicted octanol–water partition coefficient (Wildman–Crippen LogP) is 2.21. The van der Waals surface area contributed by atoms with E-state index in [2.05, 4.69) is 10.3 Å². The van der Waals surface area contributed by atoms with Gasteiger partial charge in [0.2, 0.25) is 5.91 Å². The summed E-state index contributed by atoms with van der Waals surface area (Å²) in [6, 6.07) is 10.1. The highest BCUT2D eigenvalue weighted by Crippen LogP contribution is 2.31. The lowest BCUT2D eigenvalue weighted by atomic mass is 10.2. The second-order valence-corrected chi connectivity index (χ2v) is 6.35. The van der Waals surface area contributed by atoms with Gasteiger partial charge in [-0.2, -0.15) is 0 Å². The molecule has 0 saturated heterocycles. The van der Waals surface area contributed by atoms with Crippen LogP contribution in [0.4, 0.5) is 0 Å². The number of carbonyl (C=O) groups excluding carboxylic acids is 1. The van der Waals surface area contributed by atoms with E-state index in [-0.39, 0.29) is 11.9 Å². The van der Waals surface area contributed by atoms with Crippen molar-refractivity contribution in [1.82, 2.24) is 10.3 Å². The van der Waals surface area contributed by atoms with Crippen LogP contribution in [0.3, 0.4) is 0 Å². The molecule has 110 valence electrons. The minimum Gasteiger partial charge on any atom is -0.354 e. The van der Waals surface area contributed by atoms with Crippen LogP contribution in [0.25, 0.3) is 10.6 Å². The maximum absolute atomic E-state index is 11.9. The summed E-state index contributed by atoms with van der Waals surface area (Å²) < 4.78 is 0. The maximum atomic E-state index is 11.9. The standard InChI is InChI=1S/C16H19N3OS/c17-14(11-6-7-11)9-18-15(20)8-13-10-21-16(19-13)12-4-2-1-3-5-12/h1-5,10-11,14H,6-9,17H2,(H,18,20). The SMILES string of the molecule is NC(CNC(=O)Cc1csc(-c2ccccc2)n1)C1CC1. The molecular weight excluding hydrogens is 282 g/mol. The quantitative estimate of drug-likeness (QED) is 0.859. The van der Waals surface area contributed by atoms with Crippen molar-refractivity contribution in [3.63, 3.8) is 0 Å². The van der Waals surface area contributed by atoms with Crippen LogP contribution in [-0.2, 0) is 11.2 Å². The first-order valence-corrected chi connectivity index (χ1v) is 8.12. The maximum Gasteiger partial charge on any atom is 0.226 e. The minimum absolute atomic E-state index is 0.00369. The Balaban J connectivity index is 1.53. The van der Waals surface area contributed by atoms with E-state index in [1.54, 1.807) is 11.3 Å². The number of nitrogens with one attached hydrogen (secondary N) is 1. The van der Waals surface area contributed by atoms with E-state index < -0.39 is 0 Å². The van der Waals surface area contributed by atoms with Gasteiger partial charge in [0, 0.05) is 23.5 Å². The number of rotatable bonds is 6. The highest BCUT2D eigenvalue weighted by atomic mass is 32.1. The first kappa shape index (κ1) is 14.2. The van der Waals surface area contributed by atoms with Crippen molar-refractivity contribution in [1.29, 1.82) is 0 Å². The third-order valence-corrected chi connectivity index (χ3v) is 4.62. The molecule has 4 nitrogen and oxygen atoms in total. The van der Waals surface area contributed by atoms with Gasteiger partial charge in [-0.1, -0.05) is 30.3 Å². The molecule has 1 heterocycles. The number of hydrogen-bond acceptors (Lipinski definition) is 4. The van der Waals surface area contributed by atoms with Crippen LogP contribution in [0.5, 0.6) is 0 Å². The number of aromatic nitrogens is 1. The van der Waals surface area contributed by atoms with Gasteiger partial charge in [-0.05, 0) is 18.8 Å². The molecule has 1 fully saturated rings. The zero-order chi connectivity index (χ0) is 14.7. The van der Waals surface area contributed by atoms with Crippen LogP contribution in [0.1, 0.15) is 18.5 Å². The molecular formula is C16H19N3OS. The zero-order valence-corrected chi connectivity index (χ0v) is 12.6. The summed E-state index contributed by atoms with van der Waals surface area (Å²) in [5.74, 6) is 0.602. The van der Waals surface area contributed by atoms with Crippen LogP contribution in [0.2, 0.25) is 0 Å². The number of benzene rings is 1. The summed E-state index contributed by atoms with van der Waals surface area (Å²) >= 11 is 1.57. The van der Waals surface area contributed by atoms with Crippen molar-refractivity contribution in [3.8, 4) is 10.6 Å². The molecule has 1 unspecified atom stereocenters. The highest BCUT2D eigenvalue weighted by molar-refractivity contribution is 7.13. The summed E-state index contributed by atoms with van der Waals surface area (Å²) in [5.41, 5.74) is 7.88.